The minimum absolute atomic E-state index is 0.0421. The number of Topliss-reactive ketones (excluding diaryl/α,β-unsaturated/α-hetero) is 1. The van der Waals surface area contributed by atoms with Crippen LogP contribution in [-0.4, -0.2) is 41.9 Å². The third-order valence-corrected chi connectivity index (χ3v) is 8.22. The largest absolute Gasteiger partial charge is 0.397 e. The molecule has 0 bridgehead atoms. The molecule has 1 atom stereocenters. The van der Waals surface area contributed by atoms with E-state index < -0.39 is 0 Å². The van der Waals surface area contributed by atoms with Gasteiger partial charge in [0.1, 0.15) is 5.78 Å². The van der Waals surface area contributed by atoms with Crippen molar-refractivity contribution in [3.8, 4) is 0 Å². The van der Waals surface area contributed by atoms with Gasteiger partial charge >= 0.3 is 6.03 Å². The number of benzene rings is 2. The summed E-state index contributed by atoms with van der Waals surface area (Å²) < 4.78 is 0. The fourth-order valence-corrected chi connectivity index (χ4v) is 5.98. The van der Waals surface area contributed by atoms with E-state index in [-0.39, 0.29) is 17.9 Å². The number of anilines is 2. The van der Waals surface area contributed by atoms with Gasteiger partial charge in [-0.15, -0.1) is 0 Å². The first-order valence-corrected chi connectivity index (χ1v) is 13.6. The lowest BCUT2D eigenvalue weighted by molar-refractivity contribution is -0.119. The highest BCUT2D eigenvalue weighted by Gasteiger charge is 2.30. The molecule has 1 aliphatic heterocycles. The smallest absolute Gasteiger partial charge is 0.322 e. The molecule has 194 valence electrons. The molecule has 6 nitrogen and oxygen atoms in total. The van der Waals surface area contributed by atoms with E-state index >= 15 is 0 Å². The third kappa shape index (κ3) is 6.60. The number of halogens is 1. The van der Waals surface area contributed by atoms with Crippen LogP contribution in [0.1, 0.15) is 62.1 Å². The molecular weight excluding hydrogens is 472 g/mol. The van der Waals surface area contributed by atoms with Gasteiger partial charge in [-0.2, -0.15) is 0 Å². The minimum atomic E-state index is -0.217. The van der Waals surface area contributed by atoms with Crippen LogP contribution in [0.3, 0.4) is 0 Å². The highest BCUT2D eigenvalue weighted by Crippen LogP contribution is 2.32. The fourth-order valence-electron chi connectivity index (χ4n) is 5.69. The average Bonchev–Trinajstić information content (AvgIpc) is 3.02. The molecular formula is C29H39ClN4O2. The van der Waals surface area contributed by atoms with Crippen molar-refractivity contribution < 1.29 is 9.59 Å². The number of aryl methyl sites for hydroxylation is 1. The Labute approximate surface area is 220 Å². The monoisotopic (exact) mass is 510 g/mol. The quantitative estimate of drug-likeness (QED) is 0.296. The zero-order valence-corrected chi connectivity index (χ0v) is 22.2. The van der Waals surface area contributed by atoms with E-state index in [2.05, 4.69) is 21.6 Å². The molecule has 7 heteroatoms. The zero-order chi connectivity index (χ0) is 25.7. The molecule has 36 heavy (non-hydrogen) atoms. The summed E-state index contributed by atoms with van der Waals surface area (Å²) in [6.45, 7) is 5.18. The van der Waals surface area contributed by atoms with Crippen LogP contribution in [0.15, 0.2) is 36.4 Å². The van der Waals surface area contributed by atoms with Crippen molar-refractivity contribution in [1.29, 1.82) is 0 Å². The summed E-state index contributed by atoms with van der Waals surface area (Å²) in [6.07, 6.45) is 8.14. The molecule has 0 unspecified atom stereocenters. The number of fused-ring (bicyclic) bond motifs is 1. The number of hydrogen-bond donors (Lipinski definition) is 3. The van der Waals surface area contributed by atoms with Crippen molar-refractivity contribution in [3.05, 3.63) is 58.1 Å². The van der Waals surface area contributed by atoms with Gasteiger partial charge in [0, 0.05) is 18.3 Å². The number of nitrogen functional groups attached to an aromatic ring is 1. The molecule has 1 saturated carbocycles. The second kappa shape index (κ2) is 12.1. The summed E-state index contributed by atoms with van der Waals surface area (Å²) in [5, 5.41) is 7.11. The van der Waals surface area contributed by atoms with Gasteiger partial charge in [-0.25, -0.2) is 4.79 Å². The van der Waals surface area contributed by atoms with Gasteiger partial charge in [0.05, 0.1) is 16.8 Å². The maximum atomic E-state index is 12.8. The van der Waals surface area contributed by atoms with Gasteiger partial charge < -0.3 is 21.3 Å². The number of urea groups is 1. The van der Waals surface area contributed by atoms with Crippen LogP contribution in [0.5, 0.6) is 0 Å². The molecule has 2 amide bonds. The molecule has 1 fully saturated rings. The van der Waals surface area contributed by atoms with Gasteiger partial charge in [0.2, 0.25) is 0 Å². The van der Waals surface area contributed by atoms with Crippen molar-refractivity contribution >= 4 is 34.8 Å². The molecule has 0 saturated heterocycles. The SMILES string of the molecule is CC(=O)[C@@H](Cc1cc(C)c(N)c(Cl)c1)NCCCC1CCC(N2CCc3ccccc3NC2=O)CC1. The molecule has 1 heterocycles. The van der Waals surface area contributed by atoms with Crippen molar-refractivity contribution in [2.24, 2.45) is 5.92 Å². The van der Waals surface area contributed by atoms with E-state index in [4.69, 9.17) is 17.3 Å². The van der Waals surface area contributed by atoms with Gasteiger partial charge in [-0.05, 0) is 106 Å². The van der Waals surface area contributed by atoms with E-state index in [1.807, 2.05) is 37.3 Å². The Hall–Kier alpha value is -2.57. The lowest BCUT2D eigenvalue weighted by atomic mass is 9.82. The molecule has 2 aliphatic rings. The summed E-state index contributed by atoms with van der Waals surface area (Å²) in [6, 6.07) is 12.1. The van der Waals surface area contributed by atoms with Crippen LogP contribution in [0.25, 0.3) is 0 Å². The van der Waals surface area contributed by atoms with Crippen molar-refractivity contribution in [1.82, 2.24) is 10.2 Å². The Morgan fingerprint density at radius 2 is 1.97 bits per heavy atom. The van der Waals surface area contributed by atoms with Gasteiger partial charge in [0.25, 0.3) is 0 Å². The van der Waals surface area contributed by atoms with Crippen molar-refractivity contribution in [3.63, 3.8) is 0 Å². The number of carbonyl (C=O) groups excluding carboxylic acids is 2. The van der Waals surface area contributed by atoms with Gasteiger partial charge in [-0.1, -0.05) is 35.9 Å². The highest BCUT2D eigenvalue weighted by atomic mass is 35.5. The molecule has 4 N–H and O–H groups in total. The van der Waals surface area contributed by atoms with E-state index in [9.17, 15) is 9.59 Å². The molecule has 2 aromatic carbocycles. The molecule has 2 aromatic rings. The van der Waals surface area contributed by atoms with E-state index in [1.165, 1.54) is 5.56 Å². The minimum Gasteiger partial charge on any atom is -0.397 e. The number of nitrogens with two attached hydrogens (primary N) is 1. The summed E-state index contributed by atoms with van der Waals surface area (Å²) in [4.78, 5) is 27.1. The average molecular weight is 511 g/mol. The maximum Gasteiger partial charge on any atom is 0.322 e. The molecule has 0 aromatic heterocycles. The predicted octanol–water partition coefficient (Wildman–Crippen LogP) is 5.75. The summed E-state index contributed by atoms with van der Waals surface area (Å²) in [7, 11) is 0. The van der Waals surface area contributed by atoms with Crippen LogP contribution in [0.2, 0.25) is 5.02 Å². The summed E-state index contributed by atoms with van der Waals surface area (Å²) in [5.74, 6) is 0.823. The number of ketones is 1. The predicted molar refractivity (Wildman–Crippen MR) is 148 cm³/mol. The van der Waals surface area contributed by atoms with E-state index in [1.54, 1.807) is 6.92 Å². The van der Waals surface area contributed by atoms with Gasteiger partial charge in [0.15, 0.2) is 0 Å². The van der Waals surface area contributed by atoms with Crippen LogP contribution in [-0.2, 0) is 17.6 Å². The lowest BCUT2D eigenvalue weighted by Crippen LogP contribution is -2.44. The van der Waals surface area contributed by atoms with Crippen LogP contribution < -0.4 is 16.4 Å². The third-order valence-electron chi connectivity index (χ3n) is 7.91. The fraction of sp³-hybridized carbons (Fsp3) is 0.517. The van der Waals surface area contributed by atoms with Crippen LogP contribution >= 0.6 is 11.6 Å². The Balaban J connectivity index is 1.19. The maximum absolute atomic E-state index is 12.8. The Morgan fingerprint density at radius 1 is 1.22 bits per heavy atom. The van der Waals surface area contributed by atoms with Crippen LogP contribution in [0.4, 0.5) is 16.2 Å². The Bertz CT molecular complexity index is 1060. The highest BCUT2D eigenvalue weighted by molar-refractivity contribution is 6.33. The first-order chi connectivity index (χ1) is 17.3. The first-order valence-electron chi connectivity index (χ1n) is 13.3. The number of nitrogens with one attached hydrogen (secondary N) is 2. The second-order valence-corrected chi connectivity index (χ2v) is 10.9. The lowest BCUT2D eigenvalue weighted by Gasteiger charge is -2.36. The molecule has 0 radical (unpaired) electrons. The van der Waals surface area contributed by atoms with Crippen molar-refractivity contribution in [2.75, 3.05) is 24.1 Å². The topological polar surface area (TPSA) is 87.5 Å². The van der Waals surface area contributed by atoms with E-state index in [0.29, 0.717) is 29.1 Å². The molecule has 0 spiro atoms. The number of rotatable bonds is 9. The number of nitrogens with zero attached hydrogens (tertiary/aromatic N) is 1. The number of amides is 2. The first kappa shape index (κ1) is 26.5. The summed E-state index contributed by atoms with van der Waals surface area (Å²) >= 11 is 6.24. The second-order valence-electron chi connectivity index (χ2n) is 10.5. The van der Waals surface area contributed by atoms with Crippen LogP contribution in [0, 0.1) is 12.8 Å². The van der Waals surface area contributed by atoms with E-state index in [0.717, 1.165) is 74.8 Å². The molecule has 4 rings (SSSR count). The normalized spacial score (nSPS) is 20.9. The number of hydrogen-bond acceptors (Lipinski definition) is 4. The Kier molecular flexibility index (Phi) is 8.91. The summed E-state index contributed by atoms with van der Waals surface area (Å²) in [5.41, 5.74) is 10.7. The number of para-hydroxylation sites is 1. The standard InChI is InChI=1S/C29H39ClN4O2/c1-19-16-22(17-25(30)28(19)31)18-27(20(2)35)32-14-5-6-21-9-11-24(12-10-21)34-15-13-23-7-3-4-8-26(23)33-29(34)36/h3-4,7-8,16-17,21,24,27,32H,5-6,9-15,18,31H2,1-2H3,(H,33,36)/t21?,24?,27-/m1/s1. The van der Waals surface area contributed by atoms with Gasteiger partial charge in [-0.3, -0.25) is 4.79 Å². The zero-order valence-electron chi connectivity index (χ0n) is 21.5. The Morgan fingerprint density at radius 3 is 2.69 bits per heavy atom. The molecule has 1 aliphatic carbocycles. The number of carbonyl (C=O) groups is 2. The van der Waals surface area contributed by atoms with Crippen molar-refractivity contribution in [2.45, 2.75) is 77.3 Å².